The first-order chi connectivity index (χ1) is 4.72. The smallest absolute Gasteiger partial charge is 0.181 e. The van der Waals surface area contributed by atoms with Gasteiger partial charge in [-0.15, -0.1) is 0 Å². The second kappa shape index (κ2) is 2.56. The Morgan fingerprint density at radius 2 is 2.40 bits per heavy atom. The zero-order valence-corrected chi connectivity index (χ0v) is 5.47. The fraction of sp³-hybridized carbons (Fsp3) is 0.143. The molecular weight excluding hydrogens is 133 g/mol. The van der Waals surface area contributed by atoms with Crippen LogP contribution >= 0.6 is 0 Å². The van der Waals surface area contributed by atoms with Crippen LogP contribution in [0.5, 0.6) is 0 Å². The maximum Gasteiger partial charge on any atom is 0.181 e. The number of pyridine rings is 1. The summed E-state index contributed by atoms with van der Waals surface area (Å²) < 4.78 is 12.6. The molecule has 52 valence electrons. The Bertz CT molecular complexity index is 260. The van der Waals surface area contributed by atoms with Crippen molar-refractivity contribution in [1.29, 1.82) is 0 Å². The number of carbonyl (C=O) groups excluding carboxylic acids is 1. The molecule has 0 aliphatic carbocycles. The minimum absolute atomic E-state index is 0.0949. The lowest BCUT2D eigenvalue weighted by Gasteiger charge is -1.93. The topological polar surface area (TPSA) is 30.0 Å². The average Bonchev–Trinajstić information content (AvgIpc) is 1.88. The first-order valence-corrected chi connectivity index (χ1v) is 2.83. The summed E-state index contributed by atoms with van der Waals surface area (Å²) in [7, 11) is 0. The van der Waals surface area contributed by atoms with Crippen LogP contribution in [0, 0.1) is 5.82 Å². The number of halogens is 1. The molecule has 0 amide bonds. The lowest BCUT2D eigenvalue weighted by molar-refractivity contribution is 0.100. The first-order valence-electron chi connectivity index (χ1n) is 2.83. The van der Waals surface area contributed by atoms with Crippen LogP contribution in [-0.4, -0.2) is 10.8 Å². The molecule has 2 nitrogen and oxygen atoms in total. The van der Waals surface area contributed by atoms with E-state index in [4.69, 9.17) is 0 Å². The molecule has 0 N–H and O–H groups in total. The van der Waals surface area contributed by atoms with E-state index >= 15 is 0 Å². The Balaban J connectivity index is 3.15. The van der Waals surface area contributed by atoms with Crippen LogP contribution in [0.1, 0.15) is 17.4 Å². The third-order valence-electron chi connectivity index (χ3n) is 1.09. The summed E-state index contributed by atoms with van der Waals surface area (Å²) in [6.45, 7) is 1.28. The van der Waals surface area contributed by atoms with Gasteiger partial charge in [0.25, 0.3) is 0 Å². The zero-order valence-electron chi connectivity index (χ0n) is 5.47. The molecule has 0 spiro atoms. The van der Waals surface area contributed by atoms with E-state index in [1.165, 1.54) is 25.3 Å². The van der Waals surface area contributed by atoms with Gasteiger partial charge in [-0.3, -0.25) is 9.78 Å². The lowest BCUT2D eigenvalue weighted by atomic mass is 10.3. The highest BCUT2D eigenvalue weighted by molar-refractivity contribution is 5.92. The largest absolute Gasteiger partial charge is 0.293 e. The summed E-state index contributed by atoms with van der Waals surface area (Å²) >= 11 is 0. The van der Waals surface area contributed by atoms with Gasteiger partial charge in [0.05, 0.1) is 0 Å². The highest BCUT2D eigenvalue weighted by atomic mass is 19.1. The Hall–Kier alpha value is -1.25. The molecule has 10 heavy (non-hydrogen) atoms. The molecule has 0 saturated heterocycles. The van der Waals surface area contributed by atoms with Crippen LogP contribution in [-0.2, 0) is 0 Å². The predicted octanol–water partition coefficient (Wildman–Crippen LogP) is 1.42. The van der Waals surface area contributed by atoms with E-state index in [1.54, 1.807) is 0 Å². The molecule has 0 unspecified atom stereocenters. The summed E-state index contributed by atoms with van der Waals surface area (Å²) in [6.07, 6.45) is 1.39. The number of hydrogen-bond acceptors (Lipinski definition) is 2. The van der Waals surface area contributed by atoms with E-state index in [0.717, 1.165) is 0 Å². The van der Waals surface area contributed by atoms with Gasteiger partial charge in [0.1, 0.15) is 5.69 Å². The average molecular weight is 139 g/mol. The number of rotatable bonds is 1. The van der Waals surface area contributed by atoms with E-state index in [9.17, 15) is 9.18 Å². The van der Waals surface area contributed by atoms with Crippen LogP contribution in [0.3, 0.4) is 0 Å². The fourth-order valence-electron chi connectivity index (χ4n) is 0.645. The molecule has 1 rings (SSSR count). The van der Waals surface area contributed by atoms with Crippen molar-refractivity contribution in [3.63, 3.8) is 0 Å². The summed E-state index contributed by atoms with van der Waals surface area (Å²) in [5.41, 5.74) is -0.0949. The van der Waals surface area contributed by atoms with Crippen molar-refractivity contribution in [3.05, 3.63) is 29.8 Å². The van der Waals surface area contributed by atoms with Gasteiger partial charge in [0, 0.05) is 13.1 Å². The van der Waals surface area contributed by atoms with Gasteiger partial charge in [-0.2, -0.15) is 0 Å². The molecule has 3 heteroatoms. The molecule has 0 aliphatic rings. The number of aromatic nitrogens is 1. The minimum Gasteiger partial charge on any atom is -0.293 e. The quantitative estimate of drug-likeness (QED) is 0.551. The molecule has 0 fully saturated rings. The molecule has 0 radical (unpaired) electrons. The van der Waals surface area contributed by atoms with E-state index in [-0.39, 0.29) is 11.5 Å². The Kier molecular flexibility index (Phi) is 1.76. The van der Waals surface area contributed by atoms with Crippen molar-refractivity contribution in [2.45, 2.75) is 6.92 Å². The predicted molar refractivity (Wildman–Crippen MR) is 34.2 cm³/mol. The van der Waals surface area contributed by atoms with Crippen LogP contribution in [0.25, 0.3) is 0 Å². The number of hydrogen-bond donors (Lipinski definition) is 0. The maximum absolute atomic E-state index is 12.6. The van der Waals surface area contributed by atoms with E-state index in [2.05, 4.69) is 4.98 Å². The van der Waals surface area contributed by atoms with Crippen molar-refractivity contribution >= 4 is 5.78 Å². The molecule has 1 aromatic rings. The summed E-state index contributed by atoms with van der Waals surface area (Å²) in [5.74, 6) is -0.909. The van der Waals surface area contributed by atoms with Crippen molar-refractivity contribution in [2.24, 2.45) is 0 Å². The molecule has 0 aliphatic heterocycles. The van der Waals surface area contributed by atoms with Crippen LogP contribution < -0.4 is 0 Å². The van der Waals surface area contributed by atoms with E-state index in [0.29, 0.717) is 0 Å². The monoisotopic (exact) mass is 139 g/mol. The third kappa shape index (κ3) is 1.18. The molecule has 1 heterocycles. The van der Waals surface area contributed by atoms with Crippen LogP contribution in [0.15, 0.2) is 18.3 Å². The molecule has 0 atom stereocenters. The van der Waals surface area contributed by atoms with Crippen LogP contribution in [0.2, 0.25) is 0 Å². The second-order valence-electron chi connectivity index (χ2n) is 1.89. The van der Waals surface area contributed by atoms with Gasteiger partial charge in [-0.05, 0) is 12.1 Å². The Morgan fingerprint density at radius 3 is 2.80 bits per heavy atom. The van der Waals surface area contributed by atoms with Gasteiger partial charge < -0.3 is 0 Å². The normalized spacial score (nSPS) is 9.40. The number of carbonyl (C=O) groups is 1. The maximum atomic E-state index is 12.6. The molecular formula is C7H6FNO. The molecule has 0 bridgehead atoms. The van der Waals surface area contributed by atoms with Crippen molar-refractivity contribution < 1.29 is 9.18 Å². The second-order valence-corrected chi connectivity index (χ2v) is 1.89. The van der Waals surface area contributed by atoms with E-state index < -0.39 is 5.82 Å². The van der Waals surface area contributed by atoms with Gasteiger partial charge in [-0.1, -0.05) is 0 Å². The first kappa shape index (κ1) is 6.86. The highest BCUT2D eigenvalue weighted by Crippen LogP contribution is 2.01. The zero-order chi connectivity index (χ0) is 7.56. The van der Waals surface area contributed by atoms with Gasteiger partial charge in [0.15, 0.2) is 11.6 Å². The van der Waals surface area contributed by atoms with Crippen LogP contribution in [0.4, 0.5) is 4.39 Å². The Morgan fingerprint density at radius 1 is 1.70 bits per heavy atom. The van der Waals surface area contributed by atoms with Gasteiger partial charge in [0.2, 0.25) is 0 Å². The van der Waals surface area contributed by atoms with Gasteiger partial charge >= 0.3 is 0 Å². The Labute approximate surface area is 57.7 Å². The number of nitrogens with zero attached hydrogens (tertiary/aromatic N) is 1. The molecule has 0 saturated carbocycles. The highest BCUT2D eigenvalue weighted by Gasteiger charge is 2.05. The third-order valence-corrected chi connectivity index (χ3v) is 1.09. The van der Waals surface area contributed by atoms with Crippen molar-refractivity contribution in [3.8, 4) is 0 Å². The summed E-state index contributed by atoms with van der Waals surface area (Å²) in [5, 5.41) is 0. The standard InChI is InChI=1S/C7H6FNO/c1-5(10)7-6(8)3-2-4-9-7/h2-4H,1H3. The van der Waals surface area contributed by atoms with Crippen molar-refractivity contribution in [1.82, 2.24) is 4.98 Å². The summed E-state index contributed by atoms with van der Waals surface area (Å²) in [4.78, 5) is 14.1. The molecule has 1 aromatic heterocycles. The fourth-order valence-corrected chi connectivity index (χ4v) is 0.645. The number of Topliss-reactive ketones (excluding diaryl/α,β-unsaturated/α-hetero) is 1. The van der Waals surface area contributed by atoms with Crippen molar-refractivity contribution in [2.75, 3.05) is 0 Å². The molecule has 0 aromatic carbocycles. The summed E-state index contributed by atoms with van der Waals surface area (Å²) in [6, 6.07) is 2.66. The minimum atomic E-state index is -0.560. The van der Waals surface area contributed by atoms with E-state index in [1.807, 2.05) is 0 Å². The number of ketones is 1. The SMILES string of the molecule is CC(=O)c1ncccc1F. The van der Waals surface area contributed by atoms with Gasteiger partial charge in [-0.25, -0.2) is 4.39 Å². The lowest BCUT2D eigenvalue weighted by Crippen LogP contribution is -1.99.